The summed E-state index contributed by atoms with van der Waals surface area (Å²) in [7, 11) is 1.39. The number of hydrogen-bond acceptors (Lipinski definition) is 1. The minimum atomic E-state index is -0.920. The van der Waals surface area contributed by atoms with Gasteiger partial charge in [-0.1, -0.05) is 0 Å². The van der Waals surface area contributed by atoms with Gasteiger partial charge in [-0.2, -0.15) is 0 Å². The molecule has 0 heterocycles. The first-order valence-corrected chi connectivity index (χ1v) is 1.57. The van der Waals surface area contributed by atoms with E-state index in [0.717, 1.165) is 0 Å². The molecule has 0 fully saturated rings. The summed E-state index contributed by atoms with van der Waals surface area (Å²) in [6.45, 7) is -0.920. The highest BCUT2D eigenvalue weighted by molar-refractivity contribution is 5.85. The number of halogens is 2. The van der Waals surface area contributed by atoms with Crippen LogP contribution in [0.3, 0.4) is 0 Å². The fourth-order valence-corrected chi connectivity index (χ4v) is 0.0668. The summed E-state index contributed by atoms with van der Waals surface area (Å²) in [6, 6.07) is 0. The van der Waals surface area contributed by atoms with Crippen LogP contribution in [0.2, 0.25) is 0 Å². The van der Waals surface area contributed by atoms with Gasteiger partial charge in [0, 0.05) is 7.05 Å². The standard InChI is InChI=1S/C3H6FNO.ClH/c1-5-3(6)2-4;/h2H2,1H3,(H,5,6);1H. The van der Waals surface area contributed by atoms with Crippen LogP contribution < -0.4 is 5.32 Å². The van der Waals surface area contributed by atoms with Gasteiger partial charge >= 0.3 is 0 Å². The van der Waals surface area contributed by atoms with E-state index < -0.39 is 12.6 Å². The average Bonchev–Trinajstić information content (AvgIpc) is 1.65. The lowest BCUT2D eigenvalue weighted by molar-refractivity contribution is -0.121. The molecule has 1 amide bonds. The molecule has 0 aromatic heterocycles. The third kappa shape index (κ3) is 5.69. The van der Waals surface area contributed by atoms with E-state index in [1.54, 1.807) is 0 Å². The summed E-state index contributed by atoms with van der Waals surface area (Å²) in [5, 5.41) is 2.10. The normalized spacial score (nSPS) is 6.57. The number of nitrogens with one attached hydrogen (secondary N) is 1. The molecule has 44 valence electrons. The molecule has 0 aliphatic carbocycles. The highest BCUT2D eigenvalue weighted by atomic mass is 35.5. The Morgan fingerprint density at radius 1 is 1.86 bits per heavy atom. The Bertz CT molecular complexity index is 52.9. The van der Waals surface area contributed by atoms with Gasteiger partial charge in [0.2, 0.25) is 0 Å². The summed E-state index contributed by atoms with van der Waals surface area (Å²) in [5.74, 6) is -0.574. The Kier molecular flexibility index (Phi) is 8.00. The van der Waals surface area contributed by atoms with Crippen LogP contribution in [0.15, 0.2) is 0 Å². The number of carbonyl (C=O) groups is 1. The maximum Gasteiger partial charge on any atom is 0.251 e. The lowest BCUT2D eigenvalue weighted by atomic mass is 10.7. The Morgan fingerprint density at radius 3 is 2.29 bits per heavy atom. The van der Waals surface area contributed by atoms with Gasteiger partial charge in [-0.05, 0) is 0 Å². The summed E-state index contributed by atoms with van der Waals surface area (Å²) in [5.41, 5.74) is 0. The van der Waals surface area contributed by atoms with Gasteiger partial charge in [0.1, 0.15) is 0 Å². The molecule has 0 saturated carbocycles. The Hall–Kier alpha value is -0.310. The molecule has 7 heavy (non-hydrogen) atoms. The SMILES string of the molecule is CNC(=O)CF.Cl. The molecule has 0 aliphatic rings. The van der Waals surface area contributed by atoms with E-state index in [2.05, 4.69) is 5.32 Å². The molecule has 4 heteroatoms. The molecule has 1 N–H and O–H groups in total. The van der Waals surface area contributed by atoms with E-state index in [-0.39, 0.29) is 12.4 Å². The molecule has 0 rings (SSSR count). The summed E-state index contributed by atoms with van der Waals surface area (Å²) >= 11 is 0. The second kappa shape index (κ2) is 5.69. The third-order valence-corrected chi connectivity index (χ3v) is 0.400. The number of carbonyl (C=O) groups excluding carboxylic acids is 1. The number of rotatable bonds is 1. The molecule has 0 radical (unpaired) electrons. The minimum Gasteiger partial charge on any atom is -0.357 e. The van der Waals surface area contributed by atoms with Crippen molar-refractivity contribution in [1.29, 1.82) is 0 Å². The van der Waals surface area contributed by atoms with Gasteiger partial charge in [0.25, 0.3) is 5.91 Å². The van der Waals surface area contributed by atoms with Gasteiger partial charge < -0.3 is 5.32 Å². The van der Waals surface area contributed by atoms with E-state index in [0.29, 0.717) is 0 Å². The first-order valence-electron chi connectivity index (χ1n) is 1.57. The molecule has 0 spiro atoms. The van der Waals surface area contributed by atoms with Crippen LogP contribution in [0.4, 0.5) is 4.39 Å². The quantitative estimate of drug-likeness (QED) is 0.533. The first kappa shape index (κ1) is 9.85. The zero-order valence-electron chi connectivity index (χ0n) is 3.90. The average molecular weight is 128 g/mol. The molecule has 0 bridgehead atoms. The highest BCUT2D eigenvalue weighted by Crippen LogP contribution is 1.61. The van der Waals surface area contributed by atoms with Crippen LogP contribution in [-0.4, -0.2) is 19.6 Å². The topological polar surface area (TPSA) is 29.1 Å². The van der Waals surface area contributed by atoms with Crippen molar-refractivity contribution >= 4 is 18.3 Å². The van der Waals surface area contributed by atoms with Crippen molar-refractivity contribution in [2.75, 3.05) is 13.7 Å². The molecule has 0 aliphatic heterocycles. The van der Waals surface area contributed by atoms with Crippen molar-refractivity contribution in [2.24, 2.45) is 0 Å². The fourth-order valence-electron chi connectivity index (χ4n) is 0.0668. The van der Waals surface area contributed by atoms with Crippen molar-refractivity contribution in [3.05, 3.63) is 0 Å². The van der Waals surface area contributed by atoms with Gasteiger partial charge in [-0.25, -0.2) is 4.39 Å². The zero-order chi connectivity index (χ0) is 4.99. The summed E-state index contributed by atoms with van der Waals surface area (Å²) < 4.78 is 11.0. The summed E-state index contributed by atoms with van der Waals surface area (Å²) in [6.07, 6.45) is 0. The predicted octanol–water partition coefficient (Wildman–Crippen LogP) is 0.124. The molecule has 2 nitrogen and oxygen atoms in total. The smallest absolute Gasteiger partial charge is 0.251 e. The maximum atomic E-state index is 11.0. The van der Waals surface area contributed by atoms with E-state index in [1.165, 1.54) is 7.05 Å². The lowest BCUT2D eigenvalue weighted by Crippen LogP contribution is -2.18. The lowest BCUT2D eigenvalue weighted by Gasteiger charge is -1.84. The molecule has 0 atom stereocenters. The van der Waals surface area contributed by atoms with E-state index >= 15 is 0 Å². The van der Waals surface area contributed by atoms with Crippen LogP contribution in [0, 0.1) is 0 Å². The molecule has 0 saturated heterocycles. The van der Waals surface area contributed by atoms with Crippen molar-refractivity contribution < 1.29 is 9.18 Å². The van der Waals surface area contributed by atoms with Gasteiger partial charge in [0.05, 0.1) is 0 Å². The first-order chi connectivity index (χ1) is 2.81. The molecule has 0 aromatic rings. The summed E-state index contributed by atoms with van der Waals surface area (Å²) in [4.78, 5) is 9.69. The van der Waals surface area contributed by atoms with Gasteiger partial charge in [0.15, 0.2) is 6.67 Å². The van der Waals surface area contributed by atoms with E-state index in [4.69, 9.17) is 0 Å². The second-order valence-electron chi connectivity index (χ2n) is 0.807. The van der Waals surface area contributed by atoms with Crippen LogP contribution in [0.25, 0.3) is 0 Å². The van der Waals surface area contributed by atoms with Crippen LogP contribution in [0.1, 0.15) is 0 Å². The van der Waals surface area contributed by atoms with Crippen molar-refractivity contribution in [2.45, 2.75) is 0 Å². The van der Waals surface area contributed by atoms with Gasteiger partial charge in [-0.15, -0.1) is 12.4 Å². The highest BCUT2D eigenvalue weighted by Gasteiger charge is 1.88. The van der Waals surface area contributed by atoms with Crippen molar-refractivity contribution in [1.82, 2.24) is 5.32 Å². The number of hydrogen-bond donors (Lipinski definition) is 1. The third-order valence-electron chi connectivity index (χ3n) is 0.400. The monoisotopic (exact) mass is 127 g/mol. The largest absolute Gasteiger partial charge is 0.357 e. The van der Waals surface area contributed by atoms with Crippen LogP contribution in [-0.2, 0) is 4.79 Å². The number of amides is 1. The van der Waals surface area contributed by atoms with Crippen LogP contribution in [0.5, 0.6) is 0 Å². The van der Waals surface area contributed by atoms with E-state index in [9.17, 15) is 9.18 Å². The van der Waals surface area contributed by atoms with Crippen molar-refractivity contribution in [3.8, 4) is 0 Å². The Morgan fingerprint density at radius 2 is 2.29 bits per heavy atom. The Balaban J connectivity index is 0. The van der Waals surface area contributed by atoms with Crippen molar-refractivity contribution in [3.63, 3.8) is 0 Å². The van der Waals surface area contributed by atoms with Crippen LogP contribution >= 0.6 is 12.4 Å². The zero-order valence-corrected chi connectivity index (χ0v) is 4.72. The Labute approximate surface area is 47.5 Å². The van der Waals surface area contributed by atoms with Gasteiger partial charge in [-0.3, -0.25) is 4.79 Å². The molecular formula is C3H7ClFNO. The maximum absolute atomic E-state index is 11.0. The van der Waals surface area contributed by atoms with E-state index in [1.807, 2.05) is 0 Å². The predicted molar refractivity (Wildman–Crippen MR) is 27.3 cm³/mol. The number of alkyl halides is 1. The minimum absolute atomic E-state index is 0. The molecule has 0 unspecified atom stereocenters. The second-order valence-corrected chi connectivity index (χ2v) is 0.807. The molecular weight excluding hydrogens is 120 g/mol. The fraction of sp³-hybridized carbons (Fsp3) is 0.667. The molecule has 0 aromatic carbocycles.